The number of methoxy groups -OCH3 is 2. The van der Waals surface area contributed by atoms with Crippen LogP contribution in [0.15, 0.2) is 36.4 Å². The second kappa shape index (κ2) is 11.1. The van der Waals surface area contributed by atoms with E-state index in [0.717, 1.165) is 22.6 Å². The summed E-state index contributed by atoms with van der Waals surface area (Å²) in [6.07, 6.45) is 0.998. The number of amides is 1. The van der Waals surface area contributed by atoms with Crippen molar-refractivity contribution in [3.8, 4) is 23.0 Å². The second-order valence-corrected chi connectivity index (χ2v) is 6.11. The van der Waals surface area contributed by atoms with Gasteiger partial charge in [-0.05, 0) is 55.7 Å². The third kappa shape index (κ3) is 6.08. The summed E-state index contributed by atoms with van der Waals surface area (Å²) in [4.78, 5) is 12.2. The molecular formula is C22H29NO5. The van der Waals surface area contributed by atoms with Crippen LogP contribution in [0.25, 0.3) is 0 Å². The van der Waals surface area contributed by atoms with E-state index in [1.807, 2.05) is 44.2 Å². The largest absolute Gasteiger partial charge is 0.493 e. The minimum absolute atomic E-state index is 0.0387. The fourth-order valence-electron chi connectivity index (χ4n) is 2.84. The second-order valence-electron chi connectivity index (χ2n) is 6.11. The molecule has 6 nitrogen and oxygen atoms in total. The Kier molecular flexibility index (Phi) is 8.46. The van der Waals surface area contributed by atoms with Gasteiger partial charge < -0.3 is 24.3 Å². The molecule has 1 N–H and O–H groups in total. The standard InChI is InChI=1S/C22H29NO5/c1-5-27-19-10-7-16(13-21(19)28-6-2)11-12-23-22(24)15-17-8-9-18(25-3)20(14-17)26-4/h7-10,13-14H,5-6,11-12,15H2,1-4H3,(H,23,24). The zero-order valence-electron chi connectivity index (χ0n) is 17.0. The van der Waals surface area contributed by atoms with Gasteiger partial charge in [-0.15, -0.1) is 0 Å². The van der Waals surface area contributed by atoms with Crippen molar-refractivity contribution < 1.29 is 23.7 Å². The van der Waals surface area contributed by atoms with Gasteiger partial charge in [0.25, 0.3) is 0 Å². The zero-order valence-corrected chi connectivity index (χ0v) is 17.0. The lowest BCUT2D eigenvalue weighted by Gasteiger charge is -2.13. The molecule has 6 heteroatoms. The van der Waals surface area contributed by atoms with Crippen molar-refractivity contribution in [1.29, 1.82) is 0 Å². The van der Waals surface area contributed by atoms with Crippen molar-refractivity contribution in [3.63, 3.8) is 0 Å². The first-order valence-electron chi connectivity index (χ1n) is 9.47. The summed E-state index contributed by atoms with van der Waals surface area (Å²) in [6, 6.07) is 11.4. The first-order chi connectivity index (χ1) is 13.6. The van der Waals surface area contributed by atoms with E-state index in [2.05, 4.69) is 5.32 Å². The van der Waals surface area contributed by atoms with E-state index in [1.165, 1.54) is 0 Å². The summed E-state index contributed by atoms with van der Waals surface area (Å²) < 4.78 is 21.7. The molecule has 28 heavy (non-hydrogen) atoms. The van der Waals surface area contributed by atoms with Gasteiger partial charge in [-0.3, -0.25) is 4.79 Å². The van der Waals surface area contributed by atoms with Gasteiger partial charge in [0.1, 0.15) is 0 Å². The number of hydrogen-bond donors (Lipinski definition) is 1. The molecule has 2 aromatic carbocycles. The molecule has 0 aliphatic rings. The normalized spacial score (nSPS) is 10.3. The van der Waals surface area contributed by atoms with Crippen LogP contribution in [0.4, 0.5) is 0 Å². The van der Waals surface area contributed by atoms with Crippen LogP contribution in [0, 0.1) is 0 Å². The lowest BCUT2D eigenvalue weighted by molar-refractivity contribution is -0.120. The molecule has 0 saturated heterocycles. The molecule has 0 aliphatic heterocycles. The van der Waals surface area contributed by atoms with Gasteiger partial charge in [0, 0.05) is 6.54 Å². The molecule has 2 aromatic rings. The molecule has 152 valence electrons. The molecule has 0 fully saturated rings. The summed E-state index contributed by atoms with van der Waals surface area (Å²) in [5, 5.41) is 2.95. The van der Waals surface area contributed by atoms with Crippen molar-refractivity contribution in [2.24, 2.45) is 0 Å². The van der Waals surface area contributed by atoms with Crippen LogP contribution in [0.2, 0.25) is 0 Å². The van der Waals surface area contributed by atoms with E-state index >= 15 is 0 Å². The Morgan fingerprint density at radius 1 is 0.821 bits per heavy atom. The average Bonchev–Trinajstić information content (AvgIpc) is 2.70. The monoisotopic (exact) mass is 387 g/mol. The fraction of sp³-hybridized carbons (Fsp3) is 0.409. The highest BCUT2D eigenvalue weighted by atomic mass is 16.5. The first kappa shape index (κ1) is 21.4. The van der Waals surface area contributed by atoms with Crippen LogP contribution in [-0.4, -0.2) is 39.9 Å². The topological polar surface area (TPSA) is 66.0 Å². The molecule has 0 radical (unpaired) electrons. The van der Waals surface area contributed by atoms with E-state index in [0.29, 0.717) is 37.7 Å². The molecule has 0 saturated carbocycles. The van der Waals surface area contributed by atoms with Gasteiger partial charge in [0.2, 0.25) is 5.91 Å². The molecule has 0 aliphatic carbocycles. The number of ether oxygens (including phenoxy) is 4. The van der Waals surface area contributed by atoms with Crippen molar-refractivity contribution in [3.05, 3.63) is 47.5 Å². The van der Waals surface area contributed by atoms with E-state index in [4.69, 9.17) is 18.9 Å². The van der Waals surface area contributed by atoms with Crippen molar-refractivity contribution in [2.75, 3.05) is 34.0 Å². The Morgan fingerprint density at radius 3 is 2.11 bits per heavy atom. The minimum atomic E-state index is -0.0387. The van der Waals surface area contributed by atoms with Gasteiger partial charge in [-0.25, -0.2) is 0 Å². The molecular weight excluding hydrogens is 358 g/mol. The Morgan fingerprint density at radius 2 is 1.43 bits per heavy atom. The summed E-state index contributed by atoms with van der Waals surface area (Å²) in [7, 11) is 3.16. The lowest BCUT2D eigenvalue weighted by Crippen LogP contribution is -2.27. The Bertz CT molecular complexity index is 776. The van der Waals surface area contributed by atoms with Crippen LogP contribution >= 0.6 is 0 Å². The lowest BCUT2D eigenvalue weighted by atomic mass is 10.1. The van der Waals surface area contributed by atoms with Crippen molar-refractivity contribution >= 4 is 5.91 Å². The van der Waals surface area contributed by atoms with Crippen molar-refractivity contribution in [2.45, 2.75) is 26.7 Å². The third-order valence-corrected chi connectivity index (χ3v) is 4.16. The maximum atomic E-state index is 12.2. The molecule has 0 spiro atoms. The van der Waals surface area contributed by atoms with E-state index in [9.17, 15) is 4.79 Å². The third-order valence-electron chi connectivity index (χ3n) is 4.16. The highest BCUT2D eigenvalue weighted by molar-refractivity contribution is 5.78. The molecule has 0 aromatic heterocycles. The van der Waals surface area contributed by atoms with E-state index < -0.39 is 0 Å². The van der Waals surface area contributed by atoms with Gasteiger partial charge in [-0.2, -0.15) is 0 Å². The maximum Gasteiger partial charge on any atom is 0.224 e. The summed E-state index contributed by atoms with van der Waals surface area (Å²) >= 11 is 0. The smallest absolute Gasteiger partial charge is 0.224 e. The van der Waals surface area contributed by atoms with Crippen LogP contribution in [-0.2, 0) is 17.6 Å². The minimum Gasteiger partial charge on any atom is -0.493 e. The Hall–Kier alpha value is -2.89. The Balaban J connectivity index is 1.89. The van der Waals surface area contributed by atoms with E-state index in [1.54, 1.807) is 20.3 Å². The van der Waals surface area contributed by atoms with E-state index in [-0.39, 0.29) is 12.3 Å². The quantitative estimate of drug-likeness (QED) is 0.640. The highest BCUT2D eigenvalue weighted by Gasteiger charge is 2.09. The average molecular weight is 387 g/mol. The molecule has 0 unspecified atom stereocenters. The van der Waals surface area contributed by atoms with Gasteiger partial charge in [0.15, 0.2) is 23.0 Å². The SMILES string of the molecule is CCOc1ccc(CCNC(=O)Cc2ccc(OC)c(OC)c2)cc1OCC. The molecule has 0 heterocycles. The first-order valence-corrected chi connectivity index (χ1v) is 9.47. The molecule has 0 atom stereocenters. The fourth-order valence-corrected chi connectivity index (χ4v) is 2.84. The summed E-state index contributed by atoms with van der Waals surface area (Å²) in [6.45, 7) is 5.59. The number of benzene rings is 2. The van der Waals surface area contributed by atoms with Gasteiger partial charge in [0.05, 0.1) is 33.9 Å². The Labute approximate surface area is 166 Å². The van der Waals surface area contributed by atoms with Crippen LogP contribution in [0.1, 0.15) is 25.0 Å². The van der Waals surface area contributed by atoms with Gasteiger partial charge in [-0.1, -0.05) is 12.1 Å². The number of hydrogen-bond acceptors (Lipinski definition) is 5. The number of carbonyl (C=O) groups is 1. The number of carbonyl (C=O) groups excluding carboxylic acids is 1. The molecule has 0 bridgehead atoms. The number of rotatable bonds is 11. The van der Waals surface area contributed by atoms with Crippen LogP contribution < -0.4 is 24.3 Å². The maximum absolute atomic E-state index is 12.2. The molecule has 2 rings (SSSR count). The summed E-state index contributed by atoms with van der Waals surface area (Å²) in [5.74, 6) is 2.70. The summed E-state index contributed by atoms with van der Waals surface area (Å²) in [5.41, 5.74) is 1.95. The zero-order chi connectivity index (χ0) is 20.4. The molecule has 1 amide bonds. The predicted molar refractivity (Wildman–Crippen MR) is 109 cm³/mol. The van der Waals surface area contributed by atoms with Crippen LogP contribution in [0.3, 0.4) is 0 Å². The van der Waals surface area contributed by atoms with Gasteiger partial charge >= 0.3 is 0 Å². The highest BCUT2D eigenvalue weighted by Crippen LogP contribution is 2.29. The van der Waals surface area contributed by atoms with Crippen LogP contribution in [0.5, 0.6) is 23.0 Å². The predicted octanol–water partition coefficient (Wildman–Crippen LogP) is 3.40. The van der Waals surface area contributed by atoms with Crippen molar-refractivity contribution in [1.82, 2.24) is 5.32 Å². The number of nitrogens with one attached hydrogen (secondary N) is 1.